The lowest BCUT2D eigenvalue weighted by Gasteiger charge is -2.33. The Hall–Kier alpha value is -2.04. The molecule has 0 spiro atoms. The molecule has 2 aliphatic rings. The standard InChI is InChI=1S/C21H31N3O2/c25-20(12-11-17-7-3-1-4-8-17)24-15-13-19(14-16-24)23-21(26)22-18-9-5-2-6-10-18/h1,3-4,7-8,18-19H,2,5-6,9-16H2,(H2,22,23,26). The number of carbonyl (C=O) groups excluding carboxylic acids is 2. The molecule has 1 aromatic rings. The molecule has 1 saturated carbocycles. The summed E-state index contributed by atoms with van der Waals surface area (Å²) in [4.78, 5) is 26.5. The van der Waals surface area contributed by atoms with Gasteiger partial charge >= 0.3 is 6.03 Å². The van der Waals surface area contributed by atoms with Gasteiger partial charge in [-0.1, -0.05) is 49.6 Å². The molecule has 0 aromatic heterocycles. The summed E-state index contributed by atoms with van der Waals surface area (Å²) in [7, 11) is 0. The second-order valence-corrected chi connectivity index (χ2v) is 7.59. The minimum atomic E-state index is -0.0363. The van der Waals surface area contributed by atoms with E-state index in [0.717, 1.165) is 45.2 Å². The van der Waals surface area contributed by atoms with Gasteiger partial charge in [-0.05, 0) is 37.7 Å². The molecule has 2 fully saturated rings. The third-order valence-corrected chi connectivity index (χ3v) is 5.59. The summed E-state index contributed by atoms with van der Waals surface area (Å²) in [6.07, 6.45) is 8.96. The molecule has 5 heteroatoms. The molecule has 3 amide bonds. The maximum absolute atomic E-state index is 12.4. The number of piperidine rings is 1. The highest BCUT2D eigenvalue weighted by atomic mass is 16.2. The van der Waals surface area contributed by atoms with E-state index in [1.807, 2.05) is 23.1 Å². The summed E-state index contributed by atoms with van der Waals surface area (Å²) in [5, 5.41) is 6.20. The Balaban J connectivity index is 1.34. The summed E-state index contributed by atoms with van der Waals surface area (Å²) in [6.45, 7) is 1.48. The van der Waals surface area contributed by atoms with Crippen LogP contribution >= 0.6 is 0 Å². The maximum Gasteiger partial charge on any atom is 0.315 e. The Bertz CT molecular complexity index is 576. The van der Waals surface area contributed by atoms with E-state index < -0.39 is 0 Å². The molecule has 1 aliphatic carbocycles. The zero-order valence-electron chi connectivity index (χ0n) is 15.6. The van der Waals surface area contributed by atoms with Crippen molar-refractivity contribution >= 4 is 11.9 Å². The third kappa shape index (κ3) is 5.75. The van der Waals surface area contributed by atoms with Crippen molar-refractivity contribution in [3.63, 3.8) is 0 Å². The van der Waals surface area contributed by atoms with Crippen LogP contribution < -0.4 is 10.6 Å². The fourth-order valence-electron chi connectivity index (χ4n) is 3.99. The number of nitrogens with zero attached hydrogens (tertiary/aromatic N) is 1. The van der Waals surface area contributed by atoms with Crippen molar-refractivity contribution in [3.8, 4) is 0 Å². The van der Waals surface area contributed by atoms with Crippen LogP contribution in [0.15, 0.2) is 30.3 Å². The van der Waals surface area contributed by atoms with Gasteiger partial charge in [-0.25, -0.2) is 4.79 Å². The zero-order valence-corrected chi connectivity index (χ0v) is 15.6. The quantitative estimate of drug-likeness (QED) is 0.850. The molecule has 1 aromatic carbocycles. The number of likely N-dealkylation sites (tertiary alicyclic amines) is 1. The lowest BCUT2D eigenvalue weighted by molar-refractivity contribution is -0.132. The minimum absolute atomic E-state index is 0.0363. The highest BCUT2D eigenvalue weighted by molar-refractivity contribution is 5.77. The molecule has 0 atom stereocenters. The number of nitrogens with one attached hydrogen (secondary N) is 2. The van der Waals surface area contributed by atoms with Crippen molar-refractivity contribution < 1.29 is 9.59 Å². The molecule has 1 aliphatic heterocycles. The topological polar surface area (TPSA) is 61.4 Å². The molecule has 5 nitrogen and oxygen atoms in total. The van der Waals surface area contributed by atoms with Crippen LogP contribution in [0.4, 0.5) is 4.79 Å². The molecule has 0 unspecified atom stereocenters. The highest BCUT2D eigenvalue weighted by Gasteiger charge is 2.24. The van der Waals surface area contributed by atoms with E-state index in [9.17, 15) is 9.59 Å². The van der Waals surface area contributed by atoms with Crippen molar-refractivity contribution in [1.82, 2.24) is 15.5 Å². The van der Waals surface area contributed by atoms with Gasteiger partial charge < -0.3 is 15.5 Å². The summed E-state index contributed by atoms with van der Waals surface area (Å²) < 4.78 is 0. The molecule has 142 valence electrons. The Morgan fingerprint density at radius 1 is 0.885 bits per heavy atom. The van der Waals surface area contributed by atoms with E-state index in [1.165, 1.54) is 24.8 Å². The number of carbonyl (C=O) groups is 2. The van der Waals surface area contributed by atoms with Gasteiger partial charge in [0.15, 0.2) is 0 Å². The number of aryl methyl sites for hydroxylation is 1. The van der Waals surface area contributed by atoms with Crippen molar-refractivity contribution in [1.29, 1.82) is 0 Å². The normalized spacial score (nSPS) is 19.2. The van der Waals surface area contributed by atoms with Gasteiger partial charge in [0.05, 0.1) is 0 Å². The van der Waals surface area contributed by atoms with Crippen LogP contribution in [0.5, 0.6) is 0 Å². The zero-order chi connectivity index (χ0) is 18.2. The molecule has 0 radical (unpaired) electrons. The first-order valence-corrected chi connectivity index (χ1v) is 10.1. The first-order valence-electron chi connectivity index (χ1n) is 10.1. The average molecular weight is 357 g/mol. The SMILES string of the molecule is O=C(NC1CCCCC1)NC1CCN(C(=O)CCc2ccccc2)CC1. The second-order valence-electron chi connectivity index (χ2n) is 7.59. The predicted molar refractivity (Wildman–Crippen MR) is 103 cm³/mol. The average Bonchev–Trinajstić information content (AvgIpc) is 2.68. The molecule has 1 saturated heterocycles. The Morgan fingerprint density at radius 3 is 2.15 bits per heavy atom. The first-order chi connectivity index (χ1) is 12.7. The minimum Gasteiger partial charge on any atom is -0.343 e. The Labute approximate surface area is 156 Å². The largest absolute Gasteiger partial charge is 0.343 e. The lowest BCUT2D eigenvalue weighted by Crippen LogP contribution is -2.51. The van der Waals surface area contributed by atoms with E-state index >= 15 is 0 Å². The number of benzene rings is 1. The second kappa shape index (κ2) is 9.60. The van der Waals surface area contributed by atoms with Gasteiger partial charge in [-0.3, -0.25) is 4.79 Å². The van der Waals surface area contributed by atoms with E-state index in [-0.39, 0.29) is 18.0 Å². The predicted octanol–water partition coefficient (Wildman–Crippen LogP) is 3.24. The smallest absolute Gasteiger partial charge is 0.315 e. The Kier molecular flexibility index (Phi) is 6.92. The number of hydrogen-bond acceptors (Lipinski definition) is 2. The molecular formula is C21H31N3O2. The monoisotopic (exact) mass is 357 g/mol. The van der Waals surface area contributed by atoms with Crippen molar-refractivity contribution in [2.75, 3.05) is 13.1 Å². The van der Waals surface area contributed by atoms with Crippen LogP contribution in [0.25, 0.3) is 0 Å². The van der Waals surface area contributed by atoms with E-state index in [1.54, 1.807) is 0 Å². The maximum atomic E-state index is 12.4. The van der Waals surface area contributed by atoms with Crippen LogP contribution in [0, 0.1) is 0 Å². The van der Waals surface area contributed by atoms with Crippen LogP contribution in [-0.4, -0.2) is 42.0 Å². The lowest BCUT2D eigenvalue weighted by atomic mass is 9.96. The summed E-state index contributed by atoms with van der Waals surface area (Å²) in [5.74, 6) is 0.221. The summed E-state index contributed by atoms with van der Waals surface area (Å²) in [6, 6.07) is 10.6. The van der Waals surface area contributed by atoms with Crippen molar-refractivity contribution in [3.05, 3.63) is 35.9 Å². The van der Waals surface area contributed by atoms with Crippen LogP contribution in [0.1, 0.15) is 56.9 Å². The van der Waals surface area contributed by atoms with Crippen molar-refractivity contribution in [2.24, 2.45) is 0 Å². The van der Waals surface area contributed by atoms with Crippen LogP contribution in [-0.2, 0) is 11.2 Å². The fraction of sp³-hybridized carbons (Fsp3) is 0.619. The van der Waals surface area contributed by atoms with Gasteiger partial charge in [-0.2, -0.15) is 0 Å². The number of hydrogen-bond donors (Lipinski definition) is 2. The molecule has 26 heavy (non-hydrogen) atoms. The van der Waals surface area contributed by atoms with Gasteiger partial charge in [0.1, 0.15) is 0 Å². The van der Waals surface area contributed by atoms with Crippen LogP contribution in [0.2, 0.25) is 0 Å². The summed E-state index contributed by atoms with van der Waals surface area (Å²) >= 11 is 0. The molecule has 0 bridgehead atoms. The first kappa shape index (κ1) is 18.7. The summed E-state index contributed by atoms with van der Waals surface area (Å²) in [5.41, 5.74) is 1.21. The third-order valence-electron chi connectivity index (χ3n) is 5.59. The van der Waals surface area contributed by atoms with E-state index in [2.05, 4.69) is 22.8 Å². The molecule has 3 rings (SSSR count). The van der Waals surface area contributed by atoms with E-state index in [0.29, 0.717) is 12.5 Å². The number of rotatable bonds is 5. The fourth-order valence-corrected chi connectivity index (χ4v) is 3.99. The van der Waals surface area contributed by atoms with Gasteiger partial charge in [-0.15, -0.1) is 0 Å². The van der Waals surface area contributed by atoms with Gasteiger partial charge in [0.2, 0.25) is 5.91 Å². The van der Waals surface area contributed by atoms with Crippen LogP contribution in [0.3, 0.4) is 0 Å². The Morgan fingerprint density at radius 2 is 1.50 bits per heavy atom. The highest BCUT2D eigenvalue weighted by Crippen LogP contribution is 2.17. The van der Waals surface area contributed by atoms with Gasteiger partial charge in [0, 0.05) is 31.6 Å². The number of urea groups is 1. The number of amides is 3. The van der Waals surface area contributed by atoms with Crippen molar-refractivity contribution in [2.45, 2.75) is 69.9 Å². The van der Waals surface area contributed by atoms with E-state index in [4.69, 9.17) is 0 Å². The molecule has 1 heterocycles. The molecular weight excluding hydrogens is 326 g/mol. The van der Waals surface area contributed by atoms with Gasteiger partial charge in [0.25, 0.3) is 0 Å². The molecule has 2 N–H and O–H groups in total.